The van der Waals surface area contributed by atoms with Crippen molar-refractivity contribution in [2.24, 2.45) is 5.73 Å². The van der Waals surface area contributed by atoms with Crippen LogP contribution in [0.2, 0.25) is 0 Å². The van der Waals surface area contributed by atoms with Gasteiger partial charge in [-0.05, 0) is 52.2 Å². The maximum absolute atomic E-state index is 6.38. The number of nitrogens with two attached hydrogens (primary N) is 1. The Balaban J connectivity index is 1.77. The first-order valence-electron chi connectivity index (χ1n) is 7.86. The molecule has 2 N–H and O–H groups in total. The van der Waals surface area contributed by atoms with E-state index in [4.69, 9.17) is 5.73 Å². The van der Waals surface area contributed by atoms with Crippen LogP contribution in [0.5, 0.6) is 0 Å². The molecule has 0 aromatic carbocycles. The lowest BCUT2D eigenvalue weighted by Crippen LogP contribution is -2.48. The second kappa shape index (κ2) is 6.36. The van der Waals surface area contributed by atoms with Gasteiger partial charge in [0.1, 0.15) is 0 Å². The Hall–Kier alpha value is -0.120. The number of hydrogen-bond acceptors (Lipinski definition) is 3. The molecule has 2 fully saturated rings. The Morgan fingerprint density at radius 3 is 2.56 bits per heavy atom. The Labute approximate surface area is 113 Å². The number of likely N-dealkylation sites (tertiary alicyclic amines) is 2. The first-order valence-corrected chi connectivity index (χ1v) is 7.86. The van der Waals surface area contributed by atoms with Crippen LogP contribution in [0, 0.1) is 0 Å². The van der Waals surface area contributed by atoms with E-state index in [9.17, 15) is 0 Å². The summed E-state index contributed by atoms with van der Waals surface area (Å²) >= 11 is 0. The predicted molar refractivity (Wildman–Crippen MR) is 77.8 cm³/mol. The van der Waals surface area contributed by atoms with Crippen LogP contribution in [-0.2, 0) is 0 Å². The van der Waals surface area contributed by atoms with E-state index in [0.717, 1.165) is 19.0 Å². The summed E-state index contributed by atoms with van der Waals surface area (Å²) in [5.74, 6) is 0. The number of hydrogen-bond donors (Lipinski definition) is 1. The van der Waals surface area contributed by atoms with Gasteiger partial charge in [0.2, 0.25) is 0 Å². The maximum atomic E-state index is 6.38. The fourth-order valence-electron chi connectivity index (χ4n) is 3.70. The molecule has 2 saturated heterocycles. The summed E-state index contributed by atoms with van der Waals surface area (Å²) in [4.78, 5) is 5.31. The first kappa shape index (κ1) is 14.3. The summed E-state index contributed by atoms with van der Waals surface area (Å²) in [7, 11) is 0. The lowest BCUT2D eigenvalue weighted by molar-refractivity contribution is 0.156. The van der Waals surface area contributed by atoms with Gasteiger partial charge in [-0.25, -0.2) is 0 Å². The zero-order valence-corrected chi connectivity index (χ0v) is 12.3. The van der Waals surface area contributed by atoms with E-state index in [1.165, 1.54) is 58.3 Å². The van der Waals surface area contributed by atoms with Gasteiger partial charge in [0.15, 0.2) is 0 Å². The highest BCUT2D eigenvalue weighted by molar-refractivity contribution is 4.90. The SMILES string of the molecule is CCCC(C)(N)CN1CCC(N2CCCCC2)C1. The Kier molecular flexibility index (Phi) is 5.05. The zero-order chi connectivity index (χ0) is 13.0. The molecule has 0 aromatic rings. The van der Waals surface area contributed by atoms with E-state index in [2.05, 4.69) is 23.6 Å². The van der Waals surface area contributed by atoms with Crippen molar-refractivity contribution >= 4 is 0 Å². The molecular weight excluding hydrogens is 222 g/mol. The lowest BCUT2D eigenvalue weighted by Gasteiger charge is -2.33. The maximum Gasteiger partial charge on any atom is 0.0254 e. The van der Waals surface area contributed by atoms with E-state index in [-0.39, 0.29) is 5.54 Å². The van der Waals surface area contributed by atoms with Crippen molar-refractivity contribution in [1.29, 1.82) is 0 Å². The third kappa shape index (κ3) is 3.94. The average Bonchev–Trinajstić information content (AvgIpc) is 2.77. The zero-order valence-electron chi connectivity index (χ0n) is 12.3. The van der Waals surface area contributed by atoms with E-state index in [1.807, 2.05) is 0 Å². The summed E-state index contributed by atoms with van der Waals surface area (Å²) in [6, 6.07) is 0.808. The summed E-state index contributed by atoms with van der Waals surface area (Å²) in [5.41, 5.74) is 6.38. The van der Waals surface area contributed by atoms with Gasteiger partial charge in [-0.1, -0.05) is 19.8 Å². The molecule has 2 aliphatic heterocycles. The standard InChI is InChI=1S/C15H31N3/c1-3-8-15(2,16)13-17-11-7-14(12-17)18-9-5-4-6-10-18/h14H,3-13,16H2,1-2H3. The van der Waals surface area contributed by atoms with Crippen molar-refractivity contribution in [3.05, 3.63) is 0 Å². The van der Waals surface area contributed by atoms with E-state index >= 15 is 0 Å². The van der Waals surface area contributed by atoms with Crippen LogP contribution < -0.4 is 5.73 Å². The third-order valence-corrected chi connectivity index (χ3v) is 4.56. The summed E-state index contributed by atoms with van der Waals surface area (Å²) in [6.07, 6.45) is 7.92. The number of rotatable bonds is 5. The van der Waals surface area contributed by atoms with Crippen LogP contribution in [0.25, 0.3) is 0 Å². The Bertz CT molecular complexity index is 246. The highest BCUT2D eigenvalue weighted by Crippen LogP contribution is 2.22. The van der Waals surface area contributed by atoms with E-state index in [1.54, 1.807) is 0 Å². The summed E-state index contributed by atoms with van der Waals surface area (Å²) < 4.78 is 0. The second-order valence-electron chi connectivity index (χ2n) is 6.68. The van der Waals surface area contributed by atoms with Gasteiger partial charge in [-0.2, -0.15) is 0 Å². The second-order valence-corrected chi connectivity index (χ2v) is 6.68. The topological polar surface area (TPSA) is 32.5 Å². The minimum Gasteiger partial charge on any atom is -0.324 e. The Morgan fingerprint density at radius 1 is 1.17 bits per heavy atom. The first-order chi connectivity index (χ1) is 8.61. The van der Waals surface area contributed by atoms with Crippen LogP contribution in [0.4, 0.5) is 0 Å². The summed E-state index contributed by atoms with van der Waals surface area (Å²) in [6.45, 7) is 10.7. The van der Waals surface area contributed by atoms with Gasteiger partial charge in [-0.3, -0.25) is 9.80 Å². The number of piperidine rings is 1. The van der Waals surface area contributed by atoms with Gasteiger partial charge in [-0.15, -0.1) is 0 Å². The molecule has 3 nitrogen and oxygen atoms in total. The minimum atomic E-state index is 0.00549. The molecule has 3 heteroatoms. The van der Waals surface area contributed by atoms with E-state index in [0.29, 0.717) is 0 Å². The molecule has 2 rings (SSSR count). The highest BCUT2D eigenvalue weighted by Gasteiger charge is 2.31. The van der Waals surface area contributed by atoms with Gasteiger partial charge in [0.25, 0.3) is 0 Å². The summed E-state index contributed by atoms with van der Waals surface area (Å²) in [5, 5.41) is 0. The van der Waals surface area contributed by atoms with Gasteiger partial charge < -0.3 is 5.73 Å². The smallest absolute Gasteiger partial charge is 0.0254 e. The molecule has 0 radical (unpaired) electrons. The van der Waals surface area contributed by atoms with Gasteiger partial charge in [0, 0.05) is 24.7 Å². The van der Waals surface area contributed by atoms with Crippen LogP contribution >= 0.6 is 0 Å². The molecule has 0 aromatic heterocycles. The predicted octanol–water partition coefficient (Wildman–Crippen LogP) is 2.06. The highest BCUT2D eigenvalue weighted by atomic mass is 15.3. The van der Waals surface area contributed by atoms with Crippen LogP contribution in [0.1, 0.15) is 52.4 Å². The normalized spacial score (nSPS) is 30.5. The molecule has 0 amide bonds. The van der Waals surface area contributed by atoms with Crippen molar-refractivity contribution in [3.8, 4) is 0 Å². The molecule has 2 aliphatic rings. The molecule has 0 bridgehead atoms. The molecule has 106 valence electrons. The molecule has 2 unspecified atom stereocenters. The quantitative estimate of drug-likeness (QED) is 0.814. The third-order valence-electron chi connectivity index (χ3n) is 4.56. The van der Waals surface area contributed by atoms with Crippen molar-refractivity contribution in [1.82, 2.24) is 9.80 Å². The van der Waals surface area contributed by atoms with Crippen molar-refractivity contribution < 1.29 is 0 Å². The average molecular weight is 253 g/mol. The molecule has 2 atom stereocenters. The molecule has 0 aliphatic carbocycles. The molecule has 2 heterocycles. The van der Waals surface area contributed by atoms with Crippen LogP contribution in [-0.4, -0.2) is 54.1 Å². The van der Waals surface area contributed by atoms with Gasteiger partial charge in [0.05, 0.1) is 0 Å². The van der Waals surface area contributed by atoms with Crippen molar-refractivity contribution in [2.45, 2.75) is 64.0 Å². The minimum absolute atomic E-state index is 0.00549. The fourth-order valence-corrected chi connectivity index (χ4v) is 3.70. The molecule has 0 saturated carbocycles. The van der Waals surface area contributed by atoms with Crippen molar-refractivity contribution in [2.75, 3.05) is 32.7 Å². The van der Waals surface area contributed by atoms with Crippen molar-refractivity contribution in [3.63, 3.8) is 0 Å². The Morgan fingerprint density at radius 2 is 1.89 bits per heavy atom. The van der Waals surface area contributed by atoms with Gasteiger partial charge >= 0.3 is 0 Å². The van der Waals surface area contributed by atoms with Crippen LogP contribution in [0.15, 0.2) is 0 Å². The fraction of sp³-hybridized carbons (Fsp3) is 1.00. The van der Waals surface area contributed by atoms with Crippen LogP contribution in [0.3, 0.4) is 0 Å². The monoisotopic (exact) mass is 253 g/mol. The molecule has 0 spiro atoms. The van der Waals surface area contributed by atoms with E-state index < -0.39 is 0 Å². The molecular formula is C15H31N3. The number of nitrogens with zero attached hydrogens (tertiary/aromatic N) is 2. The lowest BCUT2D eigenvalue weighted by atomic mass is 9.97. The molecule has 18 heavy (non-hydrogen) atoms. The largest absolute Gasteiger partial charge is 0.324 e.